The van der Waals surface area contributed by atoms with Crippen LogP contribution in [0.4, 0.5) is 4.79 Å². The Labute approximate surface area is 140 Å². The molecule has 0 fully saturated rings. The molecule has 1 aromatic carbocycles. The first kappa shape index (κ1) is 20.2. The molecule has 0 aliphatic rings. The minimum atomic E-state index is -4.36. The highest BCUT2D eigenvalue weighted by atomic mass is 31.2. The number of nitrogens with one attached hydrogen (secondary N) is 2. The molecule has 0 saturated heterocycles. The first-order valence-corrected chi connectivity index (χ1v) is 9.26. The number of carbonyl (C=O) groups excluding carboxylic acids is 2. The first-order chi connectivity index (χ1) is 11.2. The number of alkyl carbamates (subject to hydrolysis) is 1. The van der Waals surface area contributed by atoms with Gasteiger partial charge in [-0.05, 0) is 17.9 Å². The van der Waals surface area contributed by atoms with Crippen molar-refractivity contribution in [3.8, 4) is 0 Å². The van der Waals surface area contributed by atoms with Crippen LogP contribution < -0.4 is 10.6 Å². The van der Waals surface area contributed by atoms with E-state index in [1.807, 2.05) is 32.0 Å². The van der Waals surface area contributed by atoms with Crippen LogP contribution in [0.25, 0.3) is 0 Å². The molecule has 1 rings (SSSR count). The summed E-state index contributed by atoms with van der Waals surface area (Å²) in [6.07, 6.45) is -1.23. The number of carbonyl (C=O) groups is 2. The van der Waals surface area contributed by atoms with E-state index >= 15 is 0 Å². The number of rotatable bonds is 8. The molecule has 0 bridgehead atoms. The van der Waals surface area contributed by atoms with Crippen LogP contribution in [0.1, 0.15) is 25.8 Å². The van der Waals surface area contributed by atoms with Crippen LogP contribution in [0.15, 0.2) is 30.3 Å². The second kappa shape index (κ2) is 9.42. The molecule has 0 saturated carbocycles. The Balaban J connectivity index is 2.56. The van der Waals surface area contributed by atoms with Crippen molar-refractivity contribution in [2.24, 2.45) is 5.92 Å². The lowest BCUT2D eigenvalue weighted by molar-refractivity contribution is -0.123. The summed E-state index contributed by atoms with van der Waals surface area (Å²) < 4.78 is 15.9. The summed E-state index contributed by atoms with van der Waals surface area (Å²) >= 11 is 0. The molecule has 0 aliphatic carbocycles. The largest absolute Gasteiger partial charge is 0.445 e. The van der Waals surface area contributed by atoms with E-state index in [1.165, 1.54) is 0 Å². The Morgan fingerprint density at radius 2 is 1.83 bits per heavy atom. The number of ether oxygens (including phenoxy) is 1. The van der Waals surface area contributed by atoms with Gasteiger partial charge in [-0.15, -0.1) is 0 Å². The van der Waals surface area contributed by atoms with Gasteiger partial charge in [0.15, 0.2) is 0 Å². The highest BCUT2D eigenvalue weighted by molar-refractivity contribution is 7.51. The molecule has 134 valence electrons. The minimum Gasteiger partial charge on any atom is -0.445 e. The van der Waals surface area contributed by atoms with Crippen molar-refractivity contribution in [2.45, 2.75) is 32.9 Å². The molecule has 0 unspecified atom stereocenters. The van der Waals surface area contributed by atoms with Gasteiger partial charge < -0.3 is 25.2 Å². The molecular formula is C15H23N2O6P. The van der Waals surface area contributed by atoms with Gasteiger partial charge in [0, 0.05) is 0 Å². The fourth-order valence-corrected chi connectivity index (χ4v) is 2.28. The van der Waals surface area contributed by atoms with Gasteiger partial charge >= 0.3 is 13.7 Å². The lowest BCUT2D eigenvalue weighted by Gasteiger charge is -2.20. The standard InChI is InChI=1S/C15H23N2O6P/c1-11(2)8-13(14(18)16-10-24(20,21)22)17-15(19)23-9-12-6-4-3-5-7-12/h3-7,11,13H,8-10H2,1-2H3,(H,16,18)(H,17,19)(H2,20,21,22)/t13-/m0/s1. The smallest absolute Gasteiger partial charge is 0.408 e. The maximum absolute atomic E-state index is 12.0. The average molecular weight is 358 g/mol. The van der Waals surface area contributed by atoms with E-state index < -0.39 is 31.9 Å². The SMILES string of the molecule is CC(C)C[C@H](NC(=O)OCc1ccccc1)C(=O)NCP(=O)(O)O. The third-order valence-electron chi connectivity index (χ3n) is 2.99. The predicted octanol–water partition coefficient (Wildman–Crippen LogP) is 1.58. The number of amides is 2. The van der Waals surface area contributed by atoms with Gasteiger partial charge in [0.2, 0.25) is 5.91 Å². The molecule has 4 N–H and O–H groups in total. The average Bonchev–Trinajstić information content (AvgIpc) is 2.50. The Morgan fingerprint density at radius 3 is 2.38 bits per heavy atom. The first-order valence-electron chi connectivity index (χ1n) is 7.47. The monoisotopic (exact) mass is 358 g/mol. The van der Waals surface area contributed by atoms with Crippen LogP contribution in [-0.4, -0.2) is 34.1 Å². The fraction of sp³-hybridized carbons (Fsp3) is 0.467. The van der Waals surface area contributed by atoms with Crippen LogP contribution in [0, 0.1) is 5.92 Å². The van der Waals surface area contributed by atoms with Crippen LogP contribution in [0.2, 0.25) is 0 Å². The van der Waals surface area contributed by atoms with E-state index in [0.717, 1.165) is 5.56 Å². The van der Waals surface area contributed by atoms with Gasteiger partial charge in [-0.2, -0.15) is 0 Å². The van der Waals surface area contributed by atoms with E-state index in [1.54, 1.807) is 12.1 Å². The van der Waals surface area contributed by atoms with Crippen molar-refractivity contribution in [3.05, 3.63) is 35.9 Å². The molecular weight excluding hydrogens is 335 g/mol. The van der Waals surface area contributed by atoms with Crippen molar-refractivity contribution in [3.63, 3.8) is 0 Å². The quantitative estimate of drug-likeness (QED) is 0.523. The second-order valence-corrected chi connectivity index (χ2v) is 7.40. The molecule has 9 heteroatoms. The zero-order chi connectivity index (χ0) is 18.2. The van der Waals surface area contributed by atoms with E-state index in [-0.39, 0.29) is 12.5 Å². The molecule has 0 spiro atoms. The Hall–Kier alpha value is -1.89. The molecule has 2 amide bonds. The minimum absolute atomic E-state index is 0.0607. The Morgan fingerprint density at radius 1 is 1.21 bits per heavy atom. The molecule has 1 atom stereocenters. The normalized spacial score (nSPS) is 12.5. The van der Waals surface area contributed by atoms with Gasteiger partial charge in [-0.3, -0.25) is 9.36 Å². The predicted molar refractivity (Wildman–Crippen MR) is 88.1 cm³/mol. The molecule has 0 radical (unpaired) electrons. The summed E-state index contributed by atoms with van der Waals surface area (Å²) in [4.78, 5) is 41.5. The van der Waals surface area contributed by atoms with Gasteiger partial charge in [-0.25, -0.2) is 4.79 Å². The van der Waals surface area contributed by atoms with Gasteiger partial charge in [0.1, 0.15) is 18.9 Å². The van der Waals surface area contributed by atoms with Crippen molar-refractivity contribution in [2.75, 3.05) is 6.29 Å². The van der Waals surface area contributed by atoms with Crippen molar-refractivity contribution in [1.82, 2.24) is 10.6 Å². The summed E-state index contributed by atoms with van der Waals surface area (Å²) in [5.41, 5.74) is 0.805. The highest BCUT2D eigenvalue weighted by Crippen LogP contribution is 2.31. The van der Waals surface area contributed by atoms with Crippen LogP contribution >= 0.6 is 7.60 Å². The Bertz CT molecular complexity index is 587. The summed E-state index contributed by atoms with van der Waals surface area (Å²) in [6.45, 7) is 3.78. The maximum atomic E-state index is 12.0. The number of benzene rings is 1. The van der Waals surface area contributed by atoms with E-state index in [2.05, 4.69) is 10.6 Å². The number of hydrogen-bond acceptors (Lipinski definition) is 4. The third kappa shape index (κ3) is 8.67. The van der Waals surface area contributed by atoms with Crippen LogP contribution in [0.5, 0.6) is 0 Å². The molecule has 24 heavy (non-hydrogen) atoms. The molecule has 0 aliphatic heterocycles. The summed E-state index contributed by atoms with van der Waals surface area (Å²) in [7, 11) is -4.36. The second-order valence-electron chi connectivity index (χ2n) is 5.75. The topological polar surface area (TPSA) is 125 Å². The molecule has 8 nitrogen and oxygen atoms in total. The zero-order valence-electron chi connectivity index (χ0n) is 13.6. The zero-order valence-corrected chi connectivity index (χ0v) is 14.5. The number of hydrogen-bond donors (Lipinski definition) is 4. The van der Waals surface area contributed by atoms with E-state index in [0.29, 0.717) is 6.42 Å². The molecule has 1 aromatic rings. The van der Waals surface area contributed by atoms with Gasteiger partial charge in [0.25, 0.3) is 0 Å². The summed E-state index contributed by atoms with van der Waals surface area (Å²) in [6, 6.07) is 8.13. The van der Waals surface area contributed by atoms with E-state index in [4.69, 9.17) is 14.5 Å². The van der Waals surface area contributed by atoms with E-state index in [9.17, 15) is 14.2 Å². The molecule has 0 aromatic heterocycles. The Kier molecular flexibility index (Phi) is 7.91. The summed E-state index contributed by atoms with van der Waals surface area (Å²) in [5, 5.41) is 4.56. The van der Waals surface area contributed by atoms with Crippen LogP contribution in [-0.2, 0) is 20.7 Å². The van der Waals surface area contributed by atoms with Crippen LogP contribution in [0.3, 0.4) is 0 Å². The lowest BCUT2D eigenvalue weighted by Crippen LogP contribution is -2.47. The maximum Gasteiger partial charge on any atom is 0.408 e. The highest BCUT2D eigenvalue weighted by Gasteiger charge is 2.24. The summed E-state index contributed by atoms with van der Waals surface area (Å²) in [5.74, 6) is -0.575. The van der Waals surface area contributed by atoms with Gasteiger partial charge in [0.05, 0.1) is 0 Å². The fourth-order valence-electron chi connectivity index (χ4n) is 1.91. The molecule has 0 heterocycles. The lowest BCUT2D eigenvalue weighted by atomic mass is 10.0. The van der Waals surface area contributed by atoms with Crippen molar-refractivity contribution in [1.29, 1.82) is 0 Å². The van der Waals surface area contributed by atoms with Crippen molar-refractivity contribution >= 4 is 19.6 Å². The third-order valence-corrected chi connectivity index (χ3v) is 3.56. The van der Waals surface area contributed by atoms with Gasteiger partial charge in [-0.1, -0.05) is 44.2 Å². The van der Waals surface area contributed by atoms with Crippen molar-refractivity contribution < 1.29 is 28.7 Å².